The smallest absolute Gasteiger partial charge is 0.344 e. The van der Waals surface area contributed by atoms with Crippen molar-refractivity contribution < 1.29 is 18.4 Å². The van der Waals surface area contributed by atoms with E-state index in [1.165, 1.54) is 31.2 Å². The third kappa shape index (κ3) is 5.24. The molecule has 166 valence electrons. The molecule has 0 unspecified atom stereocenters. The summed E-state index contributed by atoms with van der Waals surface area (Å²) in [6.07, 6.45) is 6.28. The molecule has 0 aliphatic rings. The van der Waals surface area contributed by atoms with Gasteiger partial charge in [-0.25, -0.2) is 9.79 Å². The highest BCUT2D eigenvalue weighted by Crippen LogP contribution is 2.33. The lowest BCUT2D eigenvalue weighted by atomic mass is 10.0. The molecule has 8 heteroatoms. The molecule has 1 N–H and O–H groups in total. The fourth-order valence-corrected chi connectivity index (χ4v) is 3.55. The monoisotopic (exact) mass is 460 g/mol. The summed E-state index contributed by atoms with van der Waals surface area (Å²) in [7, 11) is 1.52. The molecule has 33 heavy (non-hydrogen) atoms. The molecule has 0 aliphatic carbocycles. The molecule has 0 radical (unpaired) electrons. The van der Waals surface area contributed by atoms with Crippen LogP contribution in [0.15, 0.2) is 91.6 Å². The Kier molecular flexibility index (Phi) is 6.75. The van der Waals surface area contributed by atoms with E-state index < -0.39 is 5.63 Å². The maximum Gasteiger partial charge on any atom is 0.344 e. The zero-order valence-electron chi connectivity index (χ0n) is 17.9. The molecule has 2 heterocycles. The number of fused-ring (bicyclic) bond motifs is 1. The Labute approximate surface area is 193 Å². The van der Waals surface area contributed by atoms with Crippen LogP contribution in [0.5, 0.6) is 5.75 Å². The summed E-state index contributed by atoms with van der Waals surface area (Å²) in [4.78, 5) is 29.3. The molecule has 2 aromatic heterocycles. The Morgan fingerprint density at radius 1 is 1.09 bits per heavy atom. The zero-order chi connectivity index (χ0) is 23.2. The van der Waals surface area contributed by atoms with Gasteiger partial charge in [-0.15, -0.1) is 0 Å². The van der Waals surface area contributed by atoms with Gasteiger partial charge in [0.15, 0.2) is 5.17 Å². The number of carbonyl (C=O) groups is 1. The van der Waals surface area contributed by atoms with Gasteiger partial charge in [-0.2, -0.15) is 0 Å². The SMILES string of the molecule is COc1cc(N=C(NC(=O)/C=C/c2ccco2)SC)ccc1-c1cc2ccccc2oc1=O. The highest BCUT2D eigenvalue weighted by molar-refractivity contribution is 8.13. The number of nitrogens with one attached hydrogen (secondary N) is 1. The van der Waals surface area contributed by atoms with Crippen molar-refractivity contribution in [2.45, 2.75) is 0 Å². The highest BCUT2D eigenvalue weighted by atomic mass is 32.2. The number of rotatable bonds is 5. The normalized spacial score (nSPS) is 11.8. The molecule has 4 aromatic rings. The number of furan rings is 1. The topological polar surface area (TPSA) is 94.0 Å². The summed E-state index contributed by atoms with van der Waals surface area (Å²) in [6.45, 7) is 0. The number of nitrogens with zero attached hydrogens (tertiary/aromatic N) is 1. The van der Waals surface area contributed by atoms with Gasteiger partial charge in [-0.3, -0.25) is 4.79 Å². The second kappa shape index (κ2) is 10.1. The Bertz CT molecular complexity index is 1400. The van der Waals surface area contributed by atoms with Crippen molar-refractivity contribution >= 4 is 45.6 Å². The van der Waals surface area contributed by atoms with Gasteiger partial charge in [0.25, 0.3) is 0 Å². The van der Waals surface area contributed by atoms with E-state index >= 15 is 0 Å². The highest BCUT2D eigenvalue weighted by Gasteiger charge is 2.14. The second-order valence-corrected chi connectivity index (χ2v) is 7.62. The van der Waals surface area contributed by atoms with Gasteiger partial charge in [0, 0.05) is 23.1 Å². The molecular weight excluding hydrogens is 440 g/mol. The molecule has 4 rings (SSSR count). The van der Waals surface area contributed by atoms with E-state index in [0.717, 1.165) is 5.39 Å². The van der Waals surface area contributed by atoms with Crippen LogP contribution >= 0.6 is 11.8 Å². The van der Waals surface area contributed by atoms with Gasteiger partial charge in [-0.1, -0.05) is 30.0 Å². The molecule has 0 bridgehead atoms. The molecule has 0 saturated carbocycles. The summed E-state index contributed by atoms with van der Waals surface area (Å²) in [5, 5.41) is 3.95. The molecule has 2 aromatic carbocycles. The van der Waals surface area contributed by atoms with E-state index in [9.17, 15) is 9.59 Å². The Hall–Kier alpha value is -4.04. The molecule has 7 nitrogen and oxygen atoms in total. The van der Waals surface area contributed by atoms with Crippen LogP contribution in [0, 0.1) is 0 Å². The number of para-hydroxylation sites is 1. The fraction of sp³-hybridized carbons (Fsp3) is 0.0800. The Morgan fingerprint density at radius 2 is 1.94 bits per heavy atom. The molecular formula is C25H20N2O5S. The number of amidine groups is 1. The molecule has 0 saturated heterocycles. The van der Waals surface area contributed by atoms with Crippen molar-refractivity contribution in [3.63, 3.8) is 0 Å². The summed E-state index contributed by atoms with van der Waals surface area (Å²) in [5.41, 5.74) is 1.60. The number of hydrogen-bond donors (Lipinski definition) is 1. The minimum Gasteiger partial charge on any atom is -0.496 e. The van der Waals surface area contributed by atoms with Crippen LogP contribution in [0.1, 0.15) is 5.76 Å². The summed E-state index contributed by atoms with van der Waals surface area (Å²) in [6, 6.07) is 17.8. The number of methoxy groups -OCH3 is 1. The van der Waals surface area contributed by atoms with Gasteiger partial charge in [0.05, 0.1) is 24.6 Å². The average Bonchev–Trinajstić information content (AvgIpc) is 3.35. The quantitative estimate of drug-likeness (QED) is 0.189. The maximum absolute atomic E-state index is 12.6. The van der Waals surface area contributed by atoms with Crippen molar-refractivity contribution in [2.24, 2.45) is 4.99 Å². The minimum absolute atomic E-state index is 0.336. The van der Waals surface area contributed by atoms with Crippen LogP contribution in [0.25, 0.3) is 28.2 Å². The fourth-order valence-electron chi connectivity index (χ4n) is 3.15. The molecule has 0 aliphatic heterocycles. The number of carbonyl (C=O) groups excluding carboxylic acids is 1. The largest absolute Gasteiger partial charge is 0.496 e. The van der Waals surface area contributed by atoms with Gasteiger partial charge in [-0.05, 0) is 48.7 Å². The summed E-state index contributed by atoms with van der Waals surface area (Å²) < 4.78 is 16.1. The number of aliphatic imine (C=N–C) groups is 1. The van der Waals surface area contributed by atoms with Crippen LogP contribution in [0.2, 0.25) is 0 Å². The first-order valence-electron chi connectivity index (χ1n) is 9.94. The molecule has 0 spiro atoms. The van der Waals surface area contributed by atoms with E-state index in [2.05, 4.69) is 10.3 Å². The first-order chi connectivity index (χ1) is 16.1. The van der Waals surface area contributed by atoms with Gasteiger partial charge in [0.1, 0.15) is 17.1 Å². The van der Waals surface area contributed by atoms with Gasteiger partial charge < -0.3 is 18.9 Å². The Morgan fingerprint density at radius 3 is 2.70 bits per heavy atom. The molecule has 0 fully saturated rings. The van der Waals surface area contributed by atoms with E-state index in [0.29, 0.717) is 39.1 Å². The summed E-state index contributed by atoms with van der Waals surface area (Å²) in [5.74, 6) is 0.700. The maximum atomic E-state index is 12.6. The average molecular weight is 461 g/mol. The van der Waals surface area contributed by atoms with Crippen molar-refractivity contribution in [3.8, 4) is 16.9 Å². The molecule has 0 atom stereocenters. The molecule has 1 amide bonds. The number of ether oxygens (including phenoxy) is 1. The van der Waals surface area contributed by atoms with E-state index in [4.69, 9.17) is 13.6 Å². The van der Waals surface area contributed by atoms with Crippen molar-refractivity contribution in [1.82, 2.24) is 5.32 Å². The first kappa shape index (κ1) is 22.2. The number of thioether (sulfide) groups is 1. The minimum atomic E-state index is -0.455. The van der Waals surface area contributed by atoms with Crippen LogP contribution < -0.4 is 15.7 Å². The van der Waals surface area contributed by atoms with E-state index in [-0.39, 0.29) is 5.91 Å². The predicted molar refractivity (Wildman–Crippen MR) is 131 cm³/mol. The van der Waals surface area contributed by atoms with Crippen molar-refractivity contribution in [1.29, 1.82) is 0 Å². The predicted octanol–water partition coefficient (Wildman–Crippen LogP) is 5.24. The third-order valence-corrected chi connectivity index (χ3v) is 5.29. The lowest BCUT2D eigenvalue weighted by Gasteiger charge is -2.10. The number of hydrogen-bond acceptors (Lipinski definition) is 7. The third-order valence-electron chi connectivity index (χ3n) is 4.71. The van der Waals surface area contributed by atoms with E-state index in [1.807, 2.05) is 18.2 Å². The van der Waals surface area contributed by atoms with Crippen molar-refractivity contribution in [3.05, 3.63) is 89.2 Å². The lowest BCUT2D eigenvalue weighted by Crippen LogP contribution is -2.26. The van der Waals surface area contributed by atoms with Crippen LogP contribution in [-0.2, 0) is 4.79 Å². The number of benzene rings is 2. The van der Waals surface area contributed by atoms with E-state index in [1.54, 1.807) is 54.8 Å². The van der Waals surface area contributed by atoms with Crippen molar-refractivity contribution in [2.75, 3.05) is 13.4 Å². The van der Waals surface area contributed by atoms with Crippen LogP contribution in [-0.4, -0.2) is 24.4 Å². The first-order valence-corrected chi connectivity index (χ1v) is 11.2. The van der Waals surface area contributed by atoms with Gasteiger partial charge in [0.2, 0.25) is 5.91 Å². The van der Waals surface area contributed by atoms with Crippen LogP contribution in [0.4, 0.5) is 5.69 Å². The summed E-state index contributed by atoms with van der Waals surface area (Å²) >= 11 is 1.29. The van der Waals surface area contributed by atoms with Crippen LogP contribution in [0.3, 0.4) is 0 Å². The standard InChI is InChI=1S/C25H20N2O5S/c1-30-22-15-17(26-25(33-2)27-23(28)12-10-18-7-5-13-31-18)9-11-19(22)20-14-16-6-3-4-8-21(16)32-24(20)29/h3-15H,1-2H3,(H,26,27,28)/b12-10+. The zero-order valence-corrected chi connectivity index (χ0v) is 18.7. The Balaban J connectivity index is 1.60. The van der Waals surface area contributed by atoms with Gasteiger partial charge >= 0.3 is 5.63 Å². The lowest BCUT2D eigenvalue weighted by molar-refractivity contribution is -0.115. The second-order valence-electron chi connectivity index (χ2n) is 6.83. The number of amides is 1.